The van der Waals surface area contributed by atoms with Crippen molar-refractivity contribution in [2.75, 3.05) is 17.6 Å². The first-order chi connectivity index (χ1) is 10.9. The van der Waals surface area contributed by atoms with E-state index in [-0.39, 0.29) is 0 Å². The second-order valence-electron chi connectivity index (χ2n) is 5.65. The number of rotatable bonds is 5. The molecule has 0 saturated heterocycles. The molecule has 0 saturated carbocycles. The smallest absolute Gasteiger partial charge is 0.231 e. The molecule has 0 N–H and O–H groups in total. The van der Waals surface area contributed by atoms with Crippen LogP contribution in [0.15, 0.2) is 24.3 Å². The van der Waals surface area contributed by atoms with Crippen molar-refractivity contribution in [3.05, 3.63) is 35.9 Å². The number of nitrogens with zero attached hydrogens (tertiary/aromatic N) is 4. The highest BCUT2D eigenvalue weighted by atomic mass is 32.2. The molecule has 0 spiro atoms. The van der Waals surface area contributed by atoms with Crippen LogP contribution < -0.4 is 9.04 Å². The Morgan fingerprint density at radius 3 is 2.65 bits per heavy atom. The van der Waals surface area contributed by atoms with Crippen LogP contribution in [0.4, 0.5) is 5.69 Å². The number of hydrogen-bond donors (Lipinski definition) is 0. The lowest BCUT2D eigenvalue weighted by Gasteiger charge is -2.17. The first kappa shape index (κ1) is 15.8. The highest BCUT2D eigenvalue weighted by Gasteiger charge is 2.16. The van der Waals surface area contributed by atoms with E-state index >= 15 is 0 Å². The number of sulfonamides is 1. The summed E-state index contributed by atoms with van der Waals surface area (Å²) < 4.78 is 32.1. The molecule has 1 aromatic heterocycles. The van der Waals surface area contributed by atoms with Gasteiger partial charge in [-0.3, -0.25) is 4.31 Å². The lowest BCUT2D eigenvalue weighted by atomic mass is 10.2. The molecule has 3 rings (SSSR count). The SMILES string of the molecule is CN(c1ccc(OCc2nnc3n2CCCC3)cc1)S(C)(=O)=O. The molecule has 0 radical (unpaired) electrons. The molecule has 0 fully saturated rings. The maximum atomic E-state index is 11.5. The number of aryl methyl sites for hydroxylation is 1. The first-order valence-corrected chi connectivity index (χ1v) is 9.38. The largest absolute Gasteiger partial charge is 0.486 e. The number of hydrogen-bond acceptors (Lipinski definition) is 5. The van der Waals surface area contributed by atoms with Crippen molar-refractivity contribution in [2.45, 2.75) is 32.4 Å². The van der Waals surface area contributed by atoms with Crippen molar-refractivity contribution < 1.29 is 13.2 Å². The fraction of sp³-hybridized carbons (Fsp3) is 0.467. The minimum absolute atomic E-state index is 0.355. The molecule has 1 aliphatic rings. The quantitative estimate of drug-likeness (QED) is 0.828. The van der Waals surface area contributed by atoms with Gasteiger partial charge in [0.15, 0.2) is 5.82 Å². The lowest BCUT2D eigenvalue weighted by molar-refractivity contribution is 0.286. The Morgan fingerprint density at radius 1 is 1.22 bits per heavy atom. The van der Waals surface area contributed by atoms with Gasteiger partial charge in [-0.1, -0.05) is 0 Å². The van der Waals surface area contributed by atoms with Gasteiger partial charge in [0.05, 0.1) is 11.9 Å². The third-order valence-corrected chi connectivity index (χ3v) is 5.21. The zero-order chi connectivity index (χ0) is 16.4. The maximum absolute atomic E-state index is 11.5. The highest BCUT2D eigenvalue weighted by Crippen LogP contribution is 2.21. The average Bonchev–Trinajstić information content (AvgIpc) is 2.95. The van der Waals surface area contributed by atoms with Crippen molar-refractivity contribution in [2.24, 2.45) is 0 Å². The second kappa shape index (κ2) is 6.19. The topological polar surface area (TPSA) is 77.3 Å². The Kier molecular flexibility index (Phi) is 4.25. The Labute approximate surface area is 135 Å². The summed E-state index contributed by atoms with van der Waals surface area (Å²) in [7, 11) is -1.73. The predicted octanol–water partition coefficient (Wildman–Crippen LogP) is 1.59. The molecule has 124 valence electrons. The van der Waals surface area contributed by atoms with Crippen molar-refractivity contribution >= 4 is 15.7 Å². The summed E-state index contributed by atoms with van der Waals surface area (Å²) in [4.78, 5) is 0. The van der Waals surface area contributed by atoms with Crippen molar-refractivity contribution in [1.29, 1.82) is 0 Å². The molecule has 8 heteroatoms. The van der Waals surface area contributed by atoms with Gasteiger partial charge in [-0.05, 0) is 37.1 Å². The summed E-state index contributed by atoms with van der Waals surface area (Å²) in [5.74, 6) is 2.53. The van der Waals surface area contributed by atoms with Crippen molar-refractivity contribution in [1.82, 2.24) is 14.8 Å². The van der Waals surface area contributed by atoms with Crippen LogP contribution in [-0.2, 0) is 29.6 Å². The number of anilines is 1. The average molecular weight is 336 g/mol. The van der Waals surface area contributed by atoms with Gasteiger partial charge in [-0.25, -0.2) is 8.42 Å². The van der Waals surface area contributed by atoms with E-state index < -0.39 is 10.0 Å². The summed E-state index contributed by atoms with van der Waals surface area (Å²) in [5, 5.41) is 8.38. The minimum atomic E-state index is -3.26. The highest BCUT2D eigenvalue weighted by molar-refractivity contribution is 7.92. The summed E-state index contributed by atoms with van der Waals surface area (Å²) in [6, 6.07) is 6.94. The maximum Gasteiger partial charge on any atom is 0.231 e. The molecule has 1 aromatic carbocycles. The monoisotopic (exact) mass is 336 g/mol. The van der Waals surface area contributed by atoms with E-state index in [2.05, 4.69) is 14.8 Å². The Bertz CT molecular complexity index is 784. The molecular weight excluding hydrogens is 316 g/mol. The standard InChI is InChI=1S/C15H20N4O3S/c1-18(23(2,20)21)12-6-8-13(9-7-12)22-11-15-17-16-14-5-3-4-10-19(14)15/h6-9H,3-5,10-11H2,1-2H3. The summed E-state index contributed by atoms with van der Waals surface area (Å²) in [6.07, 6.45) is 4.45. The van der Waals surface area contributed by atoms with Crippen LogP contribution in [-0.4, -0.2) is 36.5 Å². The van der Waals surface area contributed by atoms with Gasteiger partial charge in [0.2, 0.25) is 10.0 Å². The van der Waals surface area contributed by atoms with E-state index in [9.17, 15) is 8.42 Å². The van der Waals surface area contributed by atoms with Crippen LogP contribution in [0.2, 0.25) is 0 Å². The minimum Gasteiger partial charge on any atom is -0.486 e. The zero-order valence-electron chi connectivity index (χ0n) is 13.3. The molecular formula is C15H20N4O3S. The van der Waals surface area contributed by atoms with Crippen LogP contribution >= 0.6 is 0 Å². The summed E-state index contributed by atoms with van der Waals surface area (Å²) in [6.45, 7) is 1.30. The van der Waals surface area contributed by atoms with Gasteiger partial charge >= 0.3 is 0 Å². The van der Waals surface area contributed by atoms with Crippen molar-refractivity contribution in [3.63, 3.8) is 0 Å². The molecule has 0 amide bonds. The van der Waals surface area contributed by atoms with Crippen LogP contribution in [0.25, 0.3) is 0 Å². The van der Waals surface area contributed by atoms with Gasteiger partial charge in [-0.15, -0.1) is 10.2 Å². The second-order valence-corrected chi connectivity index (χ2v) is 7.67. The van der Waals surface area contributed by atoms with Crippen LogP contribution in [0.1, 0.15) is 24.5 Å². The molecule has 0 bridgehead atoms. The molecule has 7 nitrogen and oxygen atoms in total. The predicted molar refractivity (Wildman–Crippen MR) is 87.0 cm³/mol. The van der Waals surface area contributed by atoms with E-state index in [1.807, 2.05) is 0 Å². The Balaban J connectivity index is 1.66. The van der Waals surface area contributed by atoms with E-state index in [1.54, 1.807) is 24.3 Å². The molecule has 0 atom stereocenters. The van der Waals surface area contributed by atoms with Gasteiger partial charge in [0.1, 0.15) is 18.2 Å². The third kappa shape index (κ3) is 3.47. The van der Waals surface area contributed by atoms with Gasteiger partial charge < -0.3 is 9.30 Å². The van der Waals surface area contributed by atoms with Crippen LogP contribution in [0.5, 0.6) is 5.75 Å². The molecule has 1 aliphatic heterocycles. The normalized spacial score (nSPS) is 14.3. The molecule has 0 unspecified atom stereocenters. The van der Waals surface area contributed by atoms with Gasteiger partial charge in [-0.2, -0.15) is 0 Å². The molecule has 2 heterocycles. The number of aromatic nitrogens is 3. The Morgan fingerprint density at radius 2 is 1.96 bits per heavy atom. The van der Waals surface area contributed by atoms with E-state index in [1.165, 1.54) is 17.6 Å². The Hall–Kier alpha value is -2.09. The third-order valence-electron chi connectivity index (χ3n) is 4.00. The molecule has 23 heavy (non-hydrogen) atoms. The fourth-order valence-electron chi connectivity index (χ4n) is 2.57. The van der Waals surface area contributed by atoms with Gasteiger partial charge in [0, 0.05) is 20.0 Å². The van der Waals surface area contributed by atoms with Gasteiger partial charge in [0.25, 0.3) is 0 Å². The summed E-state index contributed by atoms with van der Waals surface area (Å²) >= 11 is 0. The fourth-order valence-corrected chi connectivity index (χ4v) is 3.07. The zero-order valence-corrected chi connectivity index (χ0v) is 14.1. The van der Waals surface area contributed by atoms with Crippen LogP contribution in [0.3, 0.4) is 0 Å². The lowest BCUT2D eigenvalue weighted by Crippen LogP contribution is -2.24. The first-order valence-electron chi connectivity index (χ1n) is 7.53. The summed E-state index contributed by atoms with van der Waals surface area (Å²) in [5.41, 5.74) is 0.597. The number of ether oxygens (including phenoxy) is 1. The van der Waals surface area contributed by atoms with E-state index in [0.29, 0.717) is 18.0 Å². The number of fused-ring (bicyclic) bond motifs is 1. The van der Waals surface area contributed by atoms with Crippen molar-refractivity contribution in [3.8, 4) is 5.75 Å². The number of benzene rings is 1. The van der Waals surface area contributed by atoms with E-state index in [0.717, 1.165) is 37.5 Å². The van der Waals surface area contributed by atoms with E-state index in [4.69, 9.17) is 4.74 Å². The van der Waals surface area contributed by atoms with Crippen LogP contribution in [0, 0.1) is 0 Å². The molecule has 0 aliphatic carbocycles. The molecule has 2 aromatic rings.